The lowest BCUT2D eigenvalue weighted by Gasteiger charge is -2.23. The second kappa shape index (κ2) is 6.40. The Labute approximate surface area is 134 Å². The predicted octanol–water partition coefficient (Wildman–Crippen LogP) is 2.33. The SMILES string of the molecule is CC1(CNS(=O)(=O)c2cc(CO)c(Cl)cc2Cl)CCCO1. The van der Waals surface area contributed by atoms with Gasteiger partial charge in [0.25, 0.3) is 0 Å². The zero-order valence-corrected chi connectivity index (χ0v) is 13.9. The zero-order chi connectivity index (χ0) is 15.7. The van der Waals surface area contributed by atoms with E-state index in [0.717, 1.165) is 12.8 Å². The zero-order valence-electron chi connectivity index (χ0n) is 11.5. The summed E-state index contributed by atoms with van der Waals surface area (Å²) in [5.41, 5.74) is -0.184. The van der Waals surface area contributed by atoms with Crippen molar-refractivity contribution in [3.63, 3.8) is 0 Å². The van der Waals surface area contributed by atoms with Gasteiger partial charge in [-0.05, 0) is 37.5 Å². The van der Waals surface area contributed by atoms with Gasteiger partial charge in [-0.2, -0.15) is 0 Å². The number of rotatable bonds is 5. The summed E-state index contributed by atoms with van der Waals surface area (Å²) in [7, 11) is -3.80. The monoisotopic (exact) mass is 353 g/mol. The van der Waals surface area contributed by atoms with E-state index in [1.165, 1.54) is 12.1 Å². The molecule has 1 aliphatic heterocycles. The van der Waals surface area contributed by atoms with E-state index in [2.05, 4.69) is 4.72 Å². The van der Waals surface area contributed by atoms with Crippen LogP contribution in [-0.4, -0.2) is 32.3 Å². The lowest BCUT2D eigenvalue weighted by molar-refractivity contribution is 0.0250. The predicted molar refractivity (Wildman–Crippen MR) is 81.2 cm³/mol. The van der Waals surface area contributed by atoms with Crippen LogP contribution in [0.15, 0.2) is 17.0 Å². The van der Waals surface area contributed by atoms with Crippen LogP contribution in [0, 0.1) is 0 Å². The molecule has 5 nitrogen and oxygen atoms in total. The average Bonchev–Trinajstić information content (AvgIpc) is 2.84. The minimum absolute atomic E-state index is 0.0159. The summed E-state index contributed by atoms with van der Waals surface area (Å²) in [4.78, 5) is -0.0980. The first-order valence-electron chi connectivity index (χ1n) is 6.50. The first-order chi connectivity index (χ1) is 9.77. The molecule has 1 aliphatic rings. The molecule has 2 N–H and O–H groups in total. The van der Waals surface area contributed by atoms with Crippen LogP contribution < -0.4 is 4.72 Å². The molecule has 0 aromatic heterocycles. The Bertz CT molecular complexity index is 627. The van der Waals surface area contributed by atoms with E-state index in [-0.39, 0.29) is 28.1 Å². The molecule has 8 heteroatoms. The molecule has 1 heterocycles. The van der Waals surface area contributed by atoms with Gasteiger partial charge in [0.15, 0.2) is 0 Å². The number of benzene rings is 1. The number of hydrogen-bond acceptors (Lipinski definition) is 4. The standard InChI is InChI=1S/C13H17Cl2NO4S/c1-13(3-2-4-20-13)8-16-21(18,19)12-5-9(7-17)10(14)6-11(12)15/h5-6,16-17H,2-4,7-8H2,1H3. The third-order valence-electron chi connectivity index (χ3n) is 3.50. The van der Waals surface area contributed by atoms with Crippen molar-refractivity contribution >= 4 is 33.2 Å². The Morgan fingerprint density at radius 2 is 2.10 bits per heavy atom. The molecule has 1 aromatic rings. The quantitative estimate of drug-likeness (QED) is 0.851. The van der Waals surface area contributed by atoms with Crippen LogP contribution in [0.25, 0.3) is 0 Å². The minimum Gasteiger partial charge on any atom is -0.392 e. The lowest BCUT2D eigenvalue weighted by Crippen LogP contribution is -2.40. The largest absolute Gasteiger partial charge is 0.392 e. The van der Waals surface area contributed by atoms with Crippen LogP contribution >= 0.6 is 23.2 Å². The molecule has 2 rings (SSSR count). The summed E-state index contributed by atoms with van der Waals surface area (Å²) >= 11 is 11.8. The number of nitrogens with one attached hydrogen (secondary N) is 1. The Kier molecular flexibility index (Phi) is 5.18. The number of aliphatic hydroxyl groups excluding tert-OH is 1. The molecule has 0 bridgehead atoms. The summed E-state index contributed by atoms with van der Waals surface area (Å²) < 4.78 is 32.8. The van der Waals surface area contributed by atoms with Crippen molar-refractivity contribution in [2.24, 2.45) is 0 Å². The summed E-state index contributed by atoms with van der Waals surface area (Å²) in [6.07, 6.45) is 1.71. The van der Waals surface area contributed by atoms with Crippen LogP contribution in [0.2, 0.25) is 10.0 Å². The van der Waals surface area contributed by atoms with Crippen LogP contribution in [0.5, 0.6) is 0 Å². The molecule has 0 saturated carbocycles. The van der Waals surface area contributed by atoms with Gasteiger partial charge in [-0.15, -0.1) is 0 Å². The summed E-state index contributed by atoms with van der Waals surface area (Å²) in [5, 5.41) is 9.43. The average molecular weight is 354 g/mol. The molecule has 0 aliphatic carbocycles. The fourth-order valence-electron chi connectivity index (χ4n) is 2.20. The third-order valence-corrected chi connectivity index (χ3v) is 5.72. The molecule has 1 fully saturated rings. The molecule has 118 valence electrons. The number of aliphatic hydroxyl groups is 1. The van der Waals surface area contributed by atoms with Gasteiger partial charge in [-0.3, -0.25) is 0 Å². The second-order valence-corrected chi connectivity index (χ2v) is 7.81. The van der Waals surface area contributed by atoms with E-state index in [1.54, 1.807) is 0 Å². The highest BCUT2D eigenvalue weighted by atomic mass is 35.5. The van der Waals surface area contributed by atoms with Gasteiger partial charge in [0.05, 0.1) is 17.2 Å². The van der Waals surface area contributed by atoms with E-state index in [1.807, 2.05) is 6.92 Å². The van der Waals surface area contributed by atoms with E-state index < -0.39 is 15.6 Å². The summed E-state index contributed by atoms with van der Waals surface area (Å²) in [5.74, 6) is 0. The highest BCUT2D eigenvalue weighted by Gasteiger charge is 2.32. The molecule has 0 spiro atoms. The Morgan fingerprint density at radius 1 is 1.38 bits per heavy atom. The van der Waals surface area contributed by atoms with Crippen molar-refractivity contribution < 1.29 is 18.3 Å². The van der Waals surface area contributed by atoms with Gasteiger partial charge in [0.2, 0.25) is 10.0 Å². The van der Waals surface area contributed by atoms with E-state index in [9.17, 15) is 13.5 Å². The fraction of sp³-hybridized carbons (Fsp3) is 0.538. The minimum atomic E-state index is -3.80. The lowest BCUT2D eigenvalue weighted by atomic mass is 10.0. The van der Waals surface area contributed by atoms with Crippen LogP contribution in [0.3, 0.4) is 0 Å². The van der Waals surface area contributed by atoms with Crippen LogP contribution in [0.1, 0.15) is 25.3 Å². The van der Waals surface area contributed by atoms with Gasteiger partial charge >= 0.3 is 0 Å². The number of halogens is 2. The topological polar surface area (TPSA) is 75.6 Å². The van der Waals surface area contributed by atoms with Crippen molar-refractivity contribution in [3.05, 3.63) is 27.7 Å². The van der Waals surface area contributed by atoms with Crippen molar-refractivity contribution in [3.8, 4) is 0 Å². The Balaban J connectivity index is 2.23. The van der Waals surface area contributed by atoms with Gasteiger partial charge in [0.1, 0.15) is 4.90 Å². The van der Waals surface area contributed by atoms with Crippen molar-refractivity contribution in [1.29, 1.82) is 0 Å². The normalized spacial score (nSPS) is 22.7. The van der Waals surface area contributed by atoms with Gasteiger partial charge in [0, 0.05) is 18.2 Å². The highest BCUT2D eigenvalue weighted by Crippen LogP contribution is 2.29. The van der Waals surface area contributed by atoms with Gasteiger partial charge < -0.3 is 9.84 Å². The molecular formula is C13H17Cl2NO4S. The second-order valence-electron chi connectivity index (χ2n) is 5.26. The number of hydrogen-bond donors (Lipinski definition) is 2. The van der Waals surface area contributed by atoms with E-state index in [0.29, 0.717) is 12.2 Å². The number of sulfonamides is 1. The first-order valence-corrected chi connectivity index (χ1v) is 8.74. The first kappa shape index (κ1) is 17.0. The Morgan fingerprint density at radius 3 is 2.67 bits per heavy atom. The van der Waals surface area contributed by atoms with E-state index >= 15 is 0 Å². The summed E-state index contributed by atoms with van der Waals surface area (Å²) in [6.45, 7) is 2.31. The fourth-order valence-corrected chi connectivity index (χ4v) is 4.21. The number of ether oxygens (including phenoxy) is 1. The molecule has 0 radical (unpaired) electrons. The van der Waals surface area contributed by atoms with Gasteiger partial charge in [-0.1, -0.05) is 23.2 Å². The summed E-state index contributed by atoms with van der Waals surface area (Å²) in [6, 6.07) is 2.60. The Hall–Kier alpha value is -0.370. The molecular weight excluding hydrogens is 337 g/mol. The molecule has 1 atom stereocenters. The van der Waals surface area contributed by atoms with Crippen molar-refractivity contribution in [2.75, 3.05) is 13.2 Å². The maximum absolute atomic E-state index is 12.4. The highest BCUT2D eigenvalue weighted by molar-refractivity contribution is 7.89. The molecule has 21 heavy (non-hydrogen) atoms. The van der Waals surface area contributed by atoms with E-state index in [4.69, 9.17) is 27.9 Å². The third kappa shape index (κ3) is 3.88. The molecule has 0 amide bonds. The van der Waals surface area contributed by atoms with Crippen molar-refractivity contribution in [1.82, 2.24) is 4.72 Å². The van der Waals surface area contributed by atoms with Gasteiger partial charge in [-0.25, -0.2) is 13.1 Å². The maximum Gasteiger partial charge on any atom is 0.242 e. The van der Waals surface area contributed by atoms with Crippen LogP contribution in [0.4, 0.5) is 0 Å². The van der Waals surface area contributed by atoms with Crippen LogP contribution in [-0.2, 0) is 21.4 Å². The molecule has 1 unspecified atom stereocenters. The molecule has 1 aromatic carbocycles. The maximum atomic E-state index is 12.4. The smallest absolute Gasteiger partial charge is 0.242 e. The van der Waals surface area contributed by atoms with Crippen molar-refractivity contribution in [2.45, 2.75) is 36.9 Å². The molecule has 1 saturated heterocycles.